The summed E-state index contributed by atoms with van der Waals surface area (Å²) in [5.41, 5.74) is -1.18. The van der Waals surface area contributed by atoms with Crippen molar-refractivity contribution in [2.75, 3.05) is 0 Å². The number of aromatic hydroxyl groups is 1. The summed E-state index contributed by atoms with van der Waals surface area (Å²) in [6.45, 7) is 2.81. The van der Waals surface area contributed by atoms with Gasteiger partial charge in [0.05, 0.1) is 10.6 Å². The summed E-state index contributed by atoms with van der Waals surface area (Å²) < 4.78 is 41.6. The van der Waals surface area contributed by atoms with E-state index in [-0.39, 0.29) is 27.7 Å². The molecule has 0 aliphatic heterocycles. The van der Waals surface area contributed by atoms with E-state index in [1.807, 2.05) is 4.83 Å². The van der Waals surface area contributed by atoms with E-state index in [0.29, 0.717) is 0 Å². The van der Waals surface area contributed by atoms with Crippen LogP contribution in [0.15, 0.2) is 49.5 Å². The molecule has 2 aromatic rings. The fourth-order valence-corrected chi connectivity index (χ4v) is 2.64. The summed E-state index contributed by atoms with van der Waals surface area (Å²) in [5, 5.41) is 13.3. The molecule has 0 aliphatic rings. The smallest absolute Gasteiger partial charge is 0.348 e. The Morgan fingerprint density at radius 2 is 1.91 bits per heavy atom. The Morgan fingerprint density at radius 1 is 1.30 bits per heavy atom. The Balaban J connectivity index is 2.33. The number of nitrogens with zero attached hydrogens (tertiary/aromatic N) is 1. The molecular weight excluding hydrogens is 327 g/mol. The van der Waals surface area contributed by atoms with Gasteiger partial charge in [-0.05, 0) is 38.1 Å². The van der Waals surface area contributed by atoms with E-state index in [4.69, 9.17) is 4.42 Å². The van der Waals surface area contributed by atoms with E-state index in [1.165, 1.54) is 19.9 Å². The van der Waals surface area contributed by atoms with Crippen molar-refractivity contribution in [1.82, 2.24) is 4.83 Å². The predicted octanol–water partition coefficient (Wildman–Crippen LogP) is 1.50. The van der Waals surface area contributed by atoms with Gasteiger partial charge in [0.25, 0.3) is 10.0 Å². The lowest BCUT2D eigenvalue weighted by molar-refractivity contribution is 0.432. The molecule has 0 fully saturated rings. The van der Waals surface area contributed by atoms with Crippen molar-refractivity contribution in [3.05, 3.63) is 57.9 Å². The Bertz CT molecular complexity index is 917. The molecule has 0 saturated heterocycles. The zero-order valence-electron chi connectivity index (χ0n) is 12.2. The lowest BCUT2D eigenvalue weighted by Crippen LogP contribution is -2.22. The maximum Gasteiger partial charge on any atom is 0.348 e. The number of sulfonamides is 1. The van der Waals surface area contributed by atoms with Crippen LogP contribution >= 0.6 is 0 Å². The monoisotopic (exact) mass is 340 g/mol. The first kappa shape index (κ1) is 16.7. The molecule has 122 valence electrons. The highest BCUT2D eigenvalue weighted by atomic mass is 32.2. The third-order valence-electron chi connectivity index (χ3n) is 2.87. The van der Waals surface area contributed by atoms with E-state index in [1.54, 1.807) is 0 Å². The van der Waals surface area contributed by atoms with Crippen LogP contribution in [0.1, 0.15) is 18.2 Å². The SMILES string of the molecule is CC(=NNS(=O)(=O)c1ccc(F)cc1)c1c(O)cc(C)oc1=O. The van der Waals surface area contributed by atoms with Crippen molar-refractivity contribution in [1.29, 1.82) is 0 Å². The van der Waals surface area contributed by atoms with Gasteiger partial charge in [-0.15, -0.1) is 0 Å². The fourth-order valence-electron chi connectivity index (χ4n) is 1.78. The standard InChI is InChI=1S/C14H13FN2O5S/c1-8-7-12(18)13(14(19)22-8)9(2)16-17-23(20,21)11-5-3-10(15)4-6-11/h3-7,17-18H,1-2H3. The predicted molar refractivity (Wildman–Crippen MR) is 80.3 cm³/mol. The highest BCUT2D eigenvalue weighted by Gasteiger charge is 2.16. The van der Waals surface area contributed by atoms with Gasteiger partial charge in [-0.2, -0.15) is 18.4 Å². The maximum absolute atomic E-state index is 12.8. The summed E-state index contributed by atoms with van der Waals surface area (Å²) in [5.74, 6) is -0.747. The molecule has 0 bridgehead atoms. The molecule has 23 heavy (non-hydrogen) atoms. The van der Waals surface area contributed by atoms with E-state index in [9.17, 15) is 22.7 Å². The van der Waals surface area contributed by atoms with Crippen LogP contribution in [0.25, 0.3) is 0 Å². The molecule has 7 nitrogen and oxygen atoms in total. The van der Waals surface area contributed by atoms with Crippen LogP contribution in [-0.2, 0) is 10.0 Å². The quantitative estimate of drug-likeness (QED) is 0.647. The van der Waals surface area contributed by atoms with Crippen molar-refractivity contribution < 1.29 is 22.3 Å². The molecule has 0 amide bonds. The minimum absolute atomic E-state index is 0.0815. The van der Waals surface area contributed by atoms with Gasteiger partial charge >= 0.3 is 5.63 Å². The molecule has 0 unspecified atom stereocenters. The van der Waals surface area contributed by atoms with Crippen LogP contribution in [0, 0.1) is 12.7 Å². The fraction of sp³-hybridized carbons (Fsp3) is 0.143. The van der Waals surface area contributed by atoms with Gasteiger partial charge in [-0.1, -0.05) is 0 Å². The summed E-state index contributed by atoms with van der Waals surface area (Å²) in [4.78, 5) is 13.4. The van der Waals surface area contributed by atoms with E-state index < -0.39 is 21.5 Å². The third kappa shape index (κ3) is 3.75. The average molecular weight is 340 g/mol. The Morgan fingerprint density at radius 3 is 2.48 bits per heavy atom. The number of benzene rings is 1. The third-order valence-corrected chi connectivity index (χ3v) is 4.10. The number of rotatable bonds is 4. The first-order valence-corrected chi connectivity index (χ1v) is 7.85. The van der Waals surface area contributed by atoms with Gasteiger partial charge in [0.15, 0.2) is 0 Å². The lowest BCUT2D eigenvalue weighted by Gasteiger charge is -2.06. The zero-order valence-corrected chi connectivity index (χ0v) is 13.0. The van der Waals surface area contributed by atoms with Crippen molar-refractivity contribution in [2.45, 2.75) is 18.7 Å². The second kappa shape index (κ2) is 6.21. The molecule has 0 atom stereocenters. The van der Waals surface area contributed by atoms with Gasteiger partial charge in [0.1, 0.15) is 22.9 Å². The maximum atomic E-state index is 12.8. The second-order valence-electron chi connectivity index (χ2n) is 4.65. The van der Waals surface area contributed by atoms with Crippen molar-refractivity contribution in [3.63, 3.8) is 0 Å². The topological polar surface area (TPSA) is 109 Å². The highest BCUT2D eigenvalue weighted by Crippen LogP contribution is 2.15. The van der Waals surface area contributed by atoms with Gasteiger partial charge in [0.2, 0.25) is 0 Å². The first-order chi connectivity index (χ1) is 10.7. The van der Waals surface area contributed by atoms with Gasteiger partial charge in [0, 0.05) is 6.07 Å². The number of halogens is 1. The van der Waals surface area contributed by atoms with E-state index in [2.05, 4.69) is 5.10 Å². The van der Waals surface area contributed by atoms with Gasteiger partial charge in [-0.25, -0.2) is 9.18 Å². The van der Waals surface area contributed by atoms with Crippen molar-refractivity contribution in [3.8, 4) is 5.75 Å². The van der Waals surface area contributed by atoms with Crippen LogP contribution in [0.5, 0.6) is 5.75 Å². The molecular formula is C14H13FN2O5S. The van der Waals surface area contributed by atoms with Crippen LogP contribution in [0.4, 0.5) is 4.39 Å². The van der Waals surface area contributed by atoms with Crippen molar-refractivity contribution in [2.24, 2.45) is 5.10 Å². The van der Waals surface area contributed by atoms with Gasteiger partial charge in [-0.3, -0.25) is 0 Å². The lowest BCUT2D eigenvalue weighted by atomic mass is 10.2. The molecule has 0 saturated carbocycles. The first-order valence-electron chi connectivity index (χ1n) is 6.36. The molecule has 2 rings (SSSR count). The van der Waals surface area contributed by atoms with Gasteiger partial charge < -0.3 is 9.52 Å². The van der Waals surface area contributed by atoms with E-state index >= 15 is 0 Å². The molecule has 1 heterocycles. The minimum Gasteiger partial charge on any atom is -0.507 e. The summed E-state index contributed by atoms with van der Waals surface area (Å²) in [6, 6.07) is 5.34. The van der Waals surface area contributed by atoms with Crippen LogP contribution in [-0.4, -0.2) is 19.2 Å². The molecule has 0 spiro atoms. The zero-order chi connectivity index (χ0) is 17.2. The normalized spacial score (nSPS) is 12.2. The second-order valence-corrected chi connectivity index (χ2v) is 6.31. The molecule has 0 aliphatic carbocycles. The molecule has 1 aromatic heterocycles. The number of nitrogens with one attached hydrogen (secondary N) is 1. The van der Waals surface area contributed by atoms with Crippen LogP contribution in [0.2, 0.25) is 0 Å². The molecule has 1 aromatic carbocycles. The average Bonchev–Trinajstić information content (AvgIpc) is 2.44. The molecule has 2 N–H and O–H groups in total. The summed E-state index contributed by atoms with van der Waals surface area (Å²) in [7, 11) is -4.03. The number of hydrazone groups is 1. The Kier molecular flexibility index (Phi) is 4.50. The van der Waals surface area contributed by atoms with Crippen molar-refractivity contribution >= 4 is 15.7 Å². The van der Waals surface area contributed by atoms with Crippen LogP contribution in [0.3, 0.4) is 0 Å². The number of aryl methyl sites for hydroxylation is 1. The molecule has 9 heteroatoms. The summed E-state index contributed by atoms with van der Waals surface area (Å²) in [6.07, 6.45) is 0. The largest absolute Gasteiger partial charge is 0.507 e. The van der Waals surface area contributed by atoms with E-state index in [0.717, 1.165) is 24.3 Å². The van der Waals surface area contributed by atoms with Crippen LogP contribution < -0.4 is 10.5 Å². The number of hydrogen-bond acceptors (Lipinski definition) is 6. The highest BCUT2D eigenvalue weighted by molar-refractivity contribution is 7.89. The molecule has 0 radical (unpaired) electrons. The Hall–Kier alpha value is -2.68. The summed E-state index contributed by atoms with van der Waals surface area (Å²) >= 11 is 0. The Labute approximate surface area is 131 Å². The minimum atomic E-state index is -4.03. The number of hydrogen-bond donors (Lipinski definition) is 2.